The molecule has 4 nitrogen and oxygen atoms in total. The van der Waals surface area contributed by atoms with Gasteiger partial charge in [0.2, 0.25) is 5.91 Å². The van der Waals surface area contributed by atoms with Gasteiger partial charge in [0.25, 0.3) is 0 Å². The number of hydrogen-bond donors (Lipinski definition) is 1. The van der Waals surface area contributed by atoms with Gasteiger partial charge < -0.3 is 10.1 Å². The van der Waals surface area contributed by atoms with E-state index in [1.165, 1.54) is 0 Å². The molecule has 0 radical (unpaired) electrons. The number of nitrogens with one attached hydrogen (secondary N) is 1. The van der Waals surface area contributed by atoms with E-state index >= 15 is 0 Å². The van der Waals surface area contributed by atoms with Crippen LogP contribution in [0.3, 0.4) is 0 Å². The minimum Gasteiger partial charge on any atom is -0.489 e. The molecule has 3 aromatic rings. The second-order valence-corrected chi connectivity index (χ2v) is 8.10. The van der Waals surface area contributed by atoms with Crippen LogP contribution in [0.2, 0.25) is 0 Å². The summed E-state index contributed by atoms with van der Waals surface area (Å²) in [5.74, 6) is 0.467. The van der Waals surface area contributed by atoms with Crippen molar-refractivity contribution in [3.8, 4) is 5.75 Å². The lowest BCUT2D eigenvalue weighted by molar-refractivity contribution is -0.122. The number of amides is 1. The molecule has 0 aromatic heterocycles. The second-order valence-electron chi connectivity index (χ2n) is 8.10. The summed E-state index contributed by atoms with van der Waals surface area (Å²) in [6.45, 7) is 2.46. The smallest absolute Gasteiger partial charge is 0.221 e. The zero-order valence-electron chi connectivity index (χ0n) is 17.7. The quantitative estimate of drug-likeness (QED) is 0.573. The highest BCUT2D eigenvalue weighted by Crippen LogP contribution is 2.30. The van der Waals surface area contributed by atoms with Crippen LogP contribution in [-0.4, -0.2) is 11.7 Å². The van der Waals surface area contributed by atoms with Crippen molar-refractivity contribution >= 4 is 11.7 Å². The number of carbonyl (C=O) groups is 2. The van der Waals surface area contributed by atoms with Crippen LogP contribution < -0.4 is 10.1 Å². The number of Topliss-reactive ketones (excluding diaryl/α,β-unsaturated/α-hetero) is 1. The number of carbonyl (C=O) groups excluding carboxylic acids is 2. The fraction of sp³-hybridized carbons (Fsp3) is 0.259. The average molecular weight is 414 g/mol. The molecule has 1 N–H and O–H groups in total. The van der Waals surface area contributed by atoms with E-state index in [2.05, 4.69) is 5.32 Å². The molecular formula is C27H27NO3. The van der Waals surface area contributed by atoms with Gasteiger partial charge in [-0.05, 0) is 54.7 Å². The Kier molecular flexibility index (Phi) is 6.46. The normalized spacial score (nSPS) is 16.3. The van der Waals surface area contributed by atoms with Crippen LogP contribution in [0.1, 0.15) is 52.9 Å². The van der Waals surface area contributed by atoms with Crippen LogP contribution in [0.4, 0.5) is 0 Å². The Morgan fingerprint density at radius 2 is 1.74 bits per heavy atom. The first kappa shape index (κ1) is 20.9. The molecule has 1 aliphatic carbocycles. The van der Waals surface area contributed by atoms with E-state index in [0.717, 1.165) is 28.9 Å². The van der Waals surface area contributed by atoms with Gasteiger partial charge in [-0.1, -0.05) is 60.7 Å². The minimum absolute atomic E-state index is 0.0540. The van der Waals surface area contributed by atoms with Crippen molar-refractivity contribution < 1.29 is 14.3 Å². The third-order valence-electron chi connectivity index (χ3n) is 5.83. The molecule has 4 heteroatoms. The maximum atomic E-state index is 13.0. The highest BCUT2D eigenvalue weighted by molar-refractivity contribution is 6.02. The maximum absolute atomic E-state index is 13.0. The van der Waals surface area contributed by atoms with Crippen molar-refractivity contribution in [2.45, 2.75) is 38.8 Å². The van der Waals surface area contributed by atoms with Crippen molar-refractivity contribution in [3.05, 3.63) is 101 Å². The SMILES string of the molecule is CC(NC(=O)CC1CCc2cc(OCc3ccccc3)ccc2C1=O)c1ccccc1. The van der Waals surface area contributed by atoms with Crippen molar-refractivity contribution in [1.29, 1.82) is 0 Å². The predicted octanol–water partition coefficient (Wildman–Crippen LogP) is 5.28. The third kappa shape index (κ3) is 5.21. The highest BCUT2D eigenvalue weighted by atomic mass is 16.5. The number of ether oxygens (including phenoxy) is 1. The molecule has 4 rings (SSSR count). The standard InChI is InChI=1S/C27H27NO3/c1-19(21-10-6-3-7-11-21)28-26(29)17-23-13-12-22-16-24(14-15-25(22)27(23)30)31-18-20-8-4-2-5-9-20/h2-11,14-16,19,23H,12-13,17-18H2,1H3,(H,28,29). The largest absolute Gasteiger partial charge is 0.489 e. The zero-order valence-corrected chi connectivity index (χ0v) is 17.7. The Balaban J connectivity index is 1.35. The first-order valence-electron chi connectivity index (χ1n) is 10.8. The molecule has 31 heavy (non-hydrogen) atoms. The molecule has 3 aromatic carbocycles. The van der Waals surface area contributed by atoms with Gasteiger partial charge in [0, 0.05) is 17.9 Å². The lowest BCUT2D eigenvalue weighted by Gasteiger charge is -2.24. The lowest BCUT2D eigenvalue weighted by Crippen LogP contribution is -2.32. The van der Waals surface area contributed by atoms with Gasteiger partial charge in [-0.15, -0.1) is 0 Å². The van der Waals surface area contributed by atoms with Crippen LogP contribution in [0, 0.1) is 5.92 Å². The van der Waals surface area contributed by atoms with Crippen molar-refractivity contribution in [1.82, 2.24) is 5.32 Å². The van der Waals surface area contributed by atoms with Gasteiger partial charge in [-0.3, -0.25) is 9.59 Å². The molecule has 0 saturated heterocycles. The third-order valence-corrected chi connectivity index (χ3v) is 5.83. The predicted molar refractivity (Wildman–Crippen MR) is 121 cm³/mol. The maximum Gasteiger partial charge on any atom is 0.221 e. The molecule has 2 atom stereocenters. The van der Waals surface area contributed by atoms with Crippen LogP contribution in [0.25, 0.3) is 0 Å². The first-order valence-corrected chi connectivity index (χ1v) is 10.8. The molecule has 2 unspecified atom stereocenters. The van der Waals surface area contributed by atoms with Crippen LogP contribution in [0.15, 0.2) is 78.9 Å². The molecule has 0 fully saturated rings. The highest BCUT2D eigenvalue weighted by Gasteiger charge is 2.29. The van der Waals surface area contributed by atoms with Crippen LogP contribution in [-0.2, 0) is 17.8 Å². The Morgan fingerprint density at radius 3 is 2.48 bits per heavy atom. The number of aryl methyl sites for hydroxylation is 1. The monoisotopic (exact) mass is 413 g/mol. The molecule has 0 bridgehead atoms. The lowest BCUT2D eigenvalue weighted by atomic mass is 9.81. The average Bonchev–Trinajstić information content (AvgIpc) is 2.81. The van der Waals surface area contributed by atoms with E-state index in [9.17, 15) is 9.59 Å². The summed E-state index contributed by atoms with van der Waals surface area (Å²) in [7, 11) is 0. The Labute approximate surface area is 183 Å². The Bertz CT molecular complexity index is 1050. The summed E-state index contributed by atoms with van der Waals surface area (Å²) in [5, 5.41) is 3.02. The van der Waals surface area contributed by atoms with Crippen molar-refractivity contribution in [3.63, 3.8) is 0 Å². The summed E-state index contributed by atoms with van der Waals surface area (Å²) in [6, 6.07) is 25.4. The molecular weight excluding hydrogens is 386 g/mol. The van der Waals surface area contributed by atoms with Crippen molar-refractivity contribution in [2.75, 3.05) is 0 Å². The number of benzene rings is 3. The van der Waals surface area contributed by atoms with E-state index in [-0.39, 0.29) is 30.1 Å². The van der Waals surface area contributed by atoms with Gasteiger partial charge in [-0.2, -0.15) is 0 Å². The van der Waals surface area contributed by atoms with Gasteiger partial charge in [0.05, 0.1) is 6.04 Å². The fourth-order valence-electron chi connectivity index (χ4n) is 4.07. The number of fused-ring (bicyclic) bond motifs is 1. The second kappa shape index (κ2) is 9.61. The summed E-state index contributed by atoms with van der Waals surface area (Å²) in [6.07, 6.45) is 1.68. The van der Waals surface area contributed by atoms with E-state index in [4.69, 9.17) is 4.74 Å². The fourth-order valence-corrected chi connectivity index (χ4v) is 4.07. The summed E-state index contributed by atoms with van der Waals surface area (Å²) >= 11 is 0. The van der Waals surface area contributed by atoms with E-state index in [0.29, 0.717) is 18.6 Å². The summed E-state index contributed by atoms with van der Waals surface area (Å²) in [4.78, 5) is 25.5. The number of hydrogen-bond acceptors (Lipinski definition) is 3. The molecule has 0 saturated carbocycles. The minimum atomic E-state index is -0.272. The summed E-state index contributed by atoms with van der Waals surface area (Å²) in [5.41, 5.74) is 3.88. The van der Waals surface area contributed by atoms with E-state index in [1.807, 2.05) is 85.8 Å². The Morgan fingerprint density at radius 1 is 1.03 bits per heavy atom. The van der Waals surface area contributed by atoms with E-state index in [1.54, 1.807) is 0 Å². The van der Waals surface area contributed by atoms with Gasteiger partial charge in [0.1, 0.15) is 12.4 Å². The van der Waals surface area contributed by atoms with Gasteiger partial charge in [0.15, 0.2) is 5.78 Å². The number of ketones is 1. The zero-order chi connectivity index (χ0) is 21.6. The van der Waals surface area contributed by atoms with Gasteiger partial charge >= 0.3 is 0 Å². The molecule has 158 valence electrons. The van der Waals surface area contributed by atoms with Crippen LogP contribution >= 0.6 is 0 Å². The summed E-state index contributed by atoms with van der Waals surface area (Å²) < 4.78 is 5.90. The number of rotatable bonds is 7. The molecule has 0 spiro atoms. The Hall–Kier alpha value is -3.40. The first-order chi connectivity index (χ1) is 15.1. The topological polar surface area (TPSA) is 55.4 Å². The van der Waals surface area contributed by atoms with Crippen LogP contribution in [0.5, 0.6) is 5.75 Å². The molecule has 0 aliphatic heterocycles. The molecule has 1 aliphatic rings. The molecule has 1 amide bonds. The van der Waals surface area contributed by atoms with Crippen molar-refractivity contribution in [2.24, 2.45) is 5.92 Å². The van der Waals surface area contributed by atoms with E-state index < -0.39 is 0 Å². The molecule has 0 heterocycles. The van der Waals surface area contributed by atoms with Gasteiger partial charge in [-0.25, -0.2) is 0 Å².